The van der Waals surface area contributed by atoms with E-state index in [4.69, 9.17) is 0 Å². The second-order valence-electron chi connectivity index (χ2n) is 7.28. The van der Waals surface area contributed by atoms with Crippen molar-refractivity contribution in [3.63, 3.8) is 0 Å². The molecular weight excluding hydrogens is 348 g/mol. The van der Waals surface area contributed by atoms with Crippen LogP contribution in [0.3, 0.4) is 0 Å². The monoisotopic (exact) mass is 380 g/mol. The van der Waals surface area contributed by atoms with Gasteiger partial charge in [-0.2, -0.15) is 0 Å². The molecule has 0 aliphatic heterocycles. The van der Waals surface area contributed by atoms with Crippen LogP contribution in [0.5, 0.6) is 0 Å². The molecule has 1 amide bonds. The van der Waals surface area contributed by atoms with Crippen LogP contribution in [-0.4, -0.2) is 33.2 Å². The SMILES string of the molecule is CCc1cccc(C)c1N(CCC(=O)NC1CCCCCC1)S(C)(=O)=O. The highest BCUT2D eigenvalue weighted by Crippen LogP contribution is 2.28. The minimum absolute atomic E-state index is 0.0582. The summed E-state index contributed by atoms with van der Waals surface area (Å²) < 4.78 is 26.2. The Balaban J connectivity index is 2.09. The predicted molar refractivity (Wildman–Crippen MR) is 107 cm³/mol. The third-order valence-electron chi connectivity index (χ3n) is 5.11. The minimum Gasteiger partial charge on any atom is -0.353 e. The Bertz CT molecular complexity index is 708. The average molecular weight is 381 g/mol. The molecule has 1 N–H and O–H groups in total. The molecule has 1 saturated carbocycles. The number of nitrogens with zero attached hydrogens (tertiary/aromatic N) is 1. The quantitative estimate of drug-likeness (QED) is 0.736. The van der Waals surface area contributed by atoms with Crippen LogP contribution >= 0.6 is 0 Å². The Hall–Kier alpha value is -1.56. The summed E-state index contributed by atoms with van der Waals surface area (Å²) in [6.07, 6.45) is 8.98. The molecule has 146 valence electrons. The molecule has 0 radical (unpaired) electrons. The second-order valence-corrected chi connectivity index (χ2v) is 9.18. The van der Waals surface area contributed by atoms with Crippen molar-refractivity contribution < 1.29 is 13.2 Å². The lowest BCUT2D eigenvalue weighted by Gasteiger charge is -2.27. The lowest BCUT2D eigenvalue weighted by molar-refractivity contribution is -0.121. The maximum Gasteiger partial charge on any atom is 0.232 e. The van der Waals surface area contributed by atoms with E-state index in [-0.39, 0.29) is 24.9 Å². The second kappa shape index (κ2) is 9.40. The number of carbonyl (C=O) groups is 1. The molecule has 0 aromatic heterocycles. The van der Waals surface area contributed by atoms with Gasteiger partial charge in [0.15, 0.2) is 0 Å². The Morgan fingerprint density at radius 3 is 2.42 bits per heavy atom. The van der Waals surface area contributed by atoms with Crippen LogP contribution in [0.15, 0.2) is 18.2 Å². The third-order valence-corrected chi connectivity index (χ3v) is 6.28. The molecule has 1 fully saturated rings. The first kappa shape index (κ1) is 20.7. The lowest BCUT2D eigenvalue weighted by Crippen LogP contribution is -2.39. The van der Waals surface area contributed by atoms with Crippen LogP contribution in [0.4, 0.5) is 5.69 Å². The zero-order chi connectivity index (χ0) is 19.2. The van der Waals surface area contributed by atoms with Crippen LogP contribution < -0.4 is 9.62 Å². The van der Waals surface area contributed by atoms with Crippen LogP contribution in [0.25, 0.3) is 0 Å². The summed E-state index contributed by atoms with van der Waals surface area (Å²) in [5.74, 6) is -0.0582. The normalized spacial score (nSPS) is 16.1. The Morgan fingerprint density at radius 1 is 1.19 bits per heavy atom. The maximum atomic E-state index is 12.4. The first-order valence-electron chi connectivity index (χ1n) is 9.68. The van der Waals surface area contributed by atoms with E-state index in [0.29, 0.717) is 0 Å². The summed E-state index contributed by atoms with van der Waals surface area (Å²) in [7, 11) is -3.45. The highest BCUT2D eigenvalue weighted by molar-refractivity contribution is 7.92. The van der Waals surface area contributed by atoms with Crippen molar-refractivity contribution in [3.8, 4) is 0 Å². The molecule has 6 heteroatoms. The van der Waals surface area contributed by atoms with Gasteiger partial charge in [-0.1, -0.05) is 50.8 Å². The number of aryl methyl sites for hydroxylation is 2. The van der Waals surface area contributed by atoms with Gasteiger partial charge in [0.2, 0.25) is 15.9 Å². The zero-order valence-corrected chi connectivity index (χ0v) is 17.1. The van der Waals surface area contributed by atoms with E-state index in [1.54, 1.807) is 0 Å². The first-order chi connectivity index (χ1) is 12.3. The fourth-order valence-electron chi connectivity index (χ4n) is 3.73. The molecule has 1 aromatic carbocycles. The molecule has 1 aliphatic rings. The summed E-state index contributed by atoms with van der Waals surface area (Å²) in [6, 6.07) is 6.04. The fraction of sp³-hybridized carbons (Fsp3) is 0.650. The summed E-state index contributed by atoms with van der Waals surface area (Å²) >= 11 is 0. The number of hydrogen-bond donors (Lipinski definition) is 1. The van der Waals surface area contributed by atoms with Crippen molar-refractivity contribution in [1.82, 2.24) is 5.32 Å². The summed E-state index contributed by atoms with van der Waals surface area (Å²) in [6.45, 7) is 4.10. The average Bonchev–Trinajstić information content (AvgIpc) is 2.83. The standard InChI is InChI=1S/C20H32N2O3S/c1-4-17-11-9-10-16(2)20(17)22(26(3,24)25)15-14-19(23)21-18-12-7-5-6-8-13-18/h9-11,18H,4-8,12-15H2,1-3H3,(H,21,23). The summed E-state index contributed by atoms with van der Waals surface area (Å²) in [5.41, 5.74) is 2.62. The summed E-state index contributed by atoms with van der Waals surface area (Å²) in [5, 5.41) is 3.10. The van der Waals surface area contributed by atoms with Gasteiger partial charge in [0.1, 0.15) is 0 Å². The first-order valence-corrected chi connectivity index (χ1v) is 11.5. The van der Waals surface area contributed by atoms with Crippen molar-refractivity contribution in [2.45, 2.75) is 71.3 Å². The van der Waals surface area contributed by atoms with Gasteiger partial charge in [0, 0.05) is 19.0 Å². The molecule has 0 atom stereocenters. The van der Waals surface area contributed by atoms with Crippen LogP contribution in [0.2, 0.25) is 0 Å². The van der Waals surface area contributed by atoms with E-state index in [9.17, 15) is 13.2 Å². The van der Waals surface area contributed by atoms with E-state index in [1.165, 1.54) is 23.4 Å². The number of sulfonamides is 1. The number of rotatable bonds is 7. The Labute approximate surface area is 158 Å². The zero-order valence-electron chi connectivity index (χ0n) is 16.3. The van der Waals surface area contributed by atoms with Crippen molar-refractivity contribution in [1.29, 1.82) is 0 Å². The number of hydrogen-bond acceptors (Lipinski definition) is 3. The molecule has 0 saturated heterocycles. The topological polar surface area (TPSA) is 66.5 Å². The molecule has 0 bridgehead atoms. The number of amides is 1. The number of nitrogens with one attached hydrogen (secondary N) is 1. The molecular formula is C20H32N2O3S. The van der Waals surface area contributed by atoms with Crippen molar-refractivity contribution >= 4 is 21.6 Å². The minimum atomic E-state index is -3.45. The fourth-order valence-corrected chi connectivity index (χ4v) is 4.75. The van der Waals surface area contributed by atoms with Crippen molar-refractivity contribution in [2.75, 3.05) is 17.1 Å². The van der Waals surface area contributed by atoms with Gasteiger partial charge in [-0.15, -0.1) is 0 Å². The molecule has 0 unspecified atom stereocenters. The van der Waals surface area contributed by atoms with Gasteiger partial charge in [-0.25, -0.2) is 8.42 Å². The van der Waals surface area contributed by atoms with E-state index in [1.807, 2.05) is 32.0 Å². The molecule has 5 nitrogen and oxygen atoms in total. The van der Waals surface area contributed by atoms with E-state index >= 15 is 0 Å². The molecule has 1 aromatic rings. The predicted octanol–water partition coefficient (Wildman–Crippen LogP) is 3.55. The van der Waals surface area contributed by atoms with Gasteiger partial charge in [0.05, 0.1) is 11.9 Å². The number of carbonyl (C=O) groups excluding carboxylic acids is 1. The number of benzene rings is 1. The van der Waals surface area contributed by atoms with Gasteiger partial charge < -0.3 is 5.32 Å². The van der Waals surface area contributed by atoms with Gasteiger partial charge in [-0.05, 0) is 37.3 Å². The van der Waals surface area contributed by atoms with E-state index in [2.05, 4.69) is 5.32 Å². The highest BCUT2D eigenvalue weighted by Gasteiger charge is 2.23. The van der Waals surface area contributed by atoms with Crippen molar-refractivity contribution in [2.24, 2.45) is 0 Å². The molecule has 0 heterocycles. The van der Waals surface area contributed by atoms with Crippen molar-refractivity contribution in [3.05, 3.63) is 29.3 Å². The van der Waals surface area contributed by atoms with E-state index < -0.39 is 10.0 Å². The van der Waals surface area contributed by atoms with E-state index in [0.717, 1.165) is 48.9 Å². The molecule has 26 heavy (non-hydrogen) atoms. The van der Waals surface area contributed by atoms with Crippen LogP contribution in [0.1, 0.15) is 63.0 Å². The third kappa shape index (κ3) is 5.73. The van der Waals surface area contributed by atoms with Gasteiger partial charge in [-0.3, -0.25) is 9.10 Å². The largest absolute Gasteiger partial charge is 0.353 e. The Kier molecular flexibility index (Phi) is 7.50. The number of para-hydroxylation sites is 1. The van der Waals surface area contributed by atoms with Gasteiger partial charge in [0.25, 0.3) is 0 Å². The highest BCUT2D eigenvalue weighted by atomic mass is 32.2. The molecule has 1 aliphatic carbocycles. The van der Waals surface area contributed by atoms with Crippen LogP contribution in [0, 0.1) is 6.92 Å². The lowest BCUT2D eigenvalue weighted by atomic mass is 10.1. The maximum absolute atomic E-state index is 12.4. The summed E-state index contributed by atoms with van der Waals surface area (Å²) in [4.78, 5) is 12.4. The number of anilines is 1. The Morgan fingerprint density at radius 2 is 1.85 bits per heavy atom. The van der Waals surface area contributed by atoms with Gasteiger partial charge >= 0.3 is 0 Å². The smallest absolute Gasteiger partial charge is 0.232 e. The molecule has 2 rings (SSSR count). The van der Waals surface area contributed by atoms with Crippen LogP contribution in [-0.2, 0) is 21.2 Å². The molecule has 0 spiro atoms.